The third kappa shape index (κ3) is 6.77. The lowest BCUT2D eigenvalue weighted by molar-refractivity contribution is -0.133. The Hall–Kier alpha value is -3.47. The summed E-state index contributed by atoms with van der Waals surface area (Å²) in [6.45, 7) is 6.98. The van der Waals surface area contributed by atoms with Crippen LogP contribution in [-0.4, -0.2) is 69.7 Å². The number of hydrogen-bond acceptors (Lipinski definition) is 6. The Morgan fingerprint density at radius 1 is 0.881 bits per heavy atom. The molecular weight excluding hydrogens is 567 g/mol. The summed E-state index contributed by atoms with van der Waals surface area (Å²) in [4.78, 5) is 15.1. The number of sulfonamides is 1. The second kappa shape index (κ2) is 13.2. The molecular formula is C32H37N5O3S2. The Bertz CT molecular complexity index is 1600. The fourth-order valence-corrected chi connectivity index (χ4v) is 7.70. The molecule has 2 heterocycles. The number of rotatable bonds is 10. The highest BCUT2D eigenvalue weighted by atomic mass is 32.2. The predicted molar refractivity (Wildman–Crippen MR) is 167 cm³/mol. The number of aromatic nitrogens is 3. The maximum absolute atomic E-state index is 13.2. The van der Waals surface area contributed by atoms with Crippen molar-refractivity contribution in [3.63, 3.8) is 0 Å². The molecule has 0 spiro atoms. The van der Waals surface area contributed by atoms with Crippen molar-refractivity contribution in [2.45, 2.75) is 56.1 Å². The number of nitrogens with zero attached hydrogens (tertiary/aromatic N) is 5. The van der Waals surface area contributed by atoms with Gasteiger partial charge in [-0.1, -0.05) is 77.5 Å². The SMILES string of the molecule is Cc1ccc(-c2nnc(SCCCCC(=O)N3CCN(S(=O)(=O)c4ccc(C)cc4)C(C)C3)n2-c2ccccc2)cc1. The average molecular weight is 604 g/mol. The fourth-order valence-electron chi connectivity index (χ4n) is 5.13. The van der Waals surface area contributed by atoms with Gasteiger partial charge in [0.05, 0.1) is 4.90 Å². The molecule has 1 saturated heterocycles. The van der Waals surface area contributed by atoms with E-state index < -0.39 is 10.0 Å². The fraction of sp³-hybridized carbons (Fsp3) is 0.344. The van der Waals surface area contributed by atoms with Crippen molar-refractivity contribution in [3.8, 4) is 17.1 Å². The van der Waals surface area contributed by atoms with Crippen LogP contribution in [0.2, 0.25) is 0 Å². The number of para-hydroxylation sites is 1. The molecule has 5 rings (SSSR count). The van der Waals surface area contributed by atoms with Crippen molar-refractivity contribution in [1.82, 2.24) is 24.0 Å². The lowest BCUT2D eigenvalue weighted by Gasteiger charge is -2.39. The van der Waals surface area contributed by atoms with E-state index in [1.807, 2.05) is 44.2 Å². The zero-order valence-electron chi connectivity index (χ0n) is 24.3. The van der Waals surface area contributed by atoms with E-state index in [4.69, 9.17) is 0 Å². The first-order valence-corrected chi connectivity index (χ1v) is 16.7. The first kappa shape index (κ1) is 30.0. The van der Waals surface area contributed by atoms with Crippen LogP contribution in [0.1, 0.15) is 37.3 Å². The van der Waals surface area contributed by atoms with Crippen molar-refractivity contribution >= 4 is 27.7 Å². The summed E-state index contributed by atoms with van der Waals surface area (Å²) in [5.74, 6) is 1.69. The minimum Gasteiger partial charge on any atom is -0.340 e. The van der Waals surface area contributed by atoms with Crippen molar-refractivity contribution in [1.29, 1.82) is 0 Å². The Morgan fingerprint density at radius 3 is 2.21 bits per heavy atom. The summed E-state index contributed by atoms with van der Waals surface area (Å²) >= 11 is 1.64. The van der Waals surface area contributed by atoms with E-state index in [0.717, 1.165) is 46.4 Å². The van der Waals surface area contributed by atoms with Gasteiger partial charge in [0.25, 0.3) is 0 Å². The average Bonchev–Trinajstić information content (AvgIpc) is 3.41. The summed E-state index contributed by atoms with van der Waals surface area (Å²) in [6, 6.07) is 25.0. The van der Waals surface area contributed by atoms with Crippen LogP contribution in [-0.2, 0) is 14.8 Å². The second-order valence-electron chi connectivity index (χ2n) is 10.8. The normalized spacial score (nSPS) is 16.1. The number of aryl methyl sites for hydroxylation is 2. The molecule has 1 aliphatic rings. The van der Waals surface area contributed by atoms with Gasteiger partial charge in [0, 0.05) is 49.1 Å². The molecule has 1 fully saturated rings. The lowest BCUT2D eigenvalue weighted by Crippen LogP contribution is -2.55. The molecule has 0 N–H and O–H groups in total. The summed E-state index contributed by atoms with van der Waals surface area (Å²) in [5, 5.41) is 9.85. The van der Waals surface area contributed by atoms with E-state index in [1.54, 1.807) is 28.8 Å². The van der Waals surface area contributed by atoms with Crippen LogP contribution in [0.4, 0.5) is 0 Å². The Kier molecular flexibility index (Phi) is 9.45. The van der Waals surface area contributed by atoms with Crippen molar-refractivity contribution < 1.29 is 13.2 Å². The van der Waals surface area contributed by atoms with E-state index in [-0.39, 0.29) is 11.9 Å². The van der Waals surface area contributed by atoms with Crippen LogP contribution < -0.4 is 0 Å². The van der Waals surface area contributed by atoms with Gasteiger partial charge in [0.15, 0.2) is 11.0 Å². The highest BCUT2D eigenvalue weighted by molar-refractivity contribution is 7.99. The Labute approximate surface area is 252 Å². The molecule has 0 saturated carbocycles. The lowest BCUT2D eigenvalue weighted by atomic mass is 10.1. The molecule has 0 radical (unpaired) electrons. The molecule has 1 aromatic heterocycles. The zero-order valence-corrected chi connectivity index (χ0v) is 25.9. The number of carbonyl (C=O) groups excluding carboxylic acids is 1. The van der Waals surface area contributed by atoms with E-state index in [0.29, 0.717) is 31.0 Å². The largest absolute Gasteiger partial charge is 0.340 e. The molecule has 42 heavy (non-hydrogen) atoms. The number of amides is 1. The molecule has 4 aromatic rings. The highest BCUT2D eigenvalue weighted by Crippen LogP contribution is 2.29. The van der Waals surface area contributed by atoms with Gasteiger partial charge in [-0.25, -0.2) is 8.42 Å². The van der Waals surface area contributed by atoms with Crippen molar-refractivity contribution in [3.05, 3.63) is 90.0 Å². The zero-order chi connectivity index (χ0) is 29.7. The molecule has 0 aliphatic carbocycles. The summed E-state index contributed by atoms with van der Waals surface area (Å²) < 4.78 is 29.9. The van der Waals surface area contributed by atoms with Gasteiger partial charge in [-0.2, -0.15) is 4.31 Å². The van der Waals surface area contributed by atoms with Gasteiger partial charge in [0.2, 0.25) is 15.9 Å². The molecule has 10 heteroatoms. The molecule has 1 unspecified atom stereocenters. The second-order valence-corrected chi connectivity index (χ2v) is 13.7. The van der Waals surface area contributed by atoms with Crippen molar-refractivity contribution in [2.24, 2.45) is 0 Å². The smallest absolute Gasteiger partial charge is 0.243 e. The third-order valence-electron chi connectivity index (χ3n) is 7.52. The molecule has 0 bridgehead atoms. The highest BCUT2D eigenvalue weighted by Gasteiger charge is 2.35. The van der Waals surface area contributed by atoms with E-state index in [1.165, 1.54) is 9.87 Å². The van der Waals surface area contributed by atoms with Gasteiger partial charge >= 0.3 is 0 Å². The molecule has 1 amide bonds. The van der Waals surface area contributed by atoms with Crippen LogP contribution in [0.25, 0.3) is 17.1 Å². The van der Waals surface area contributed by atoms with Crippen LogP contribution in [0.3, 0.4) is 0 Å². The van der Waals surface area contributed by atoms with Gasteiger partial charge in [-0.3, -0.25) is 9.36 Å². The quantitative estimate of drug-likeness (QED) is 0.170. The number of piperazine rings is 1. The van der Waals surface area contributed by atoms with E-state index in [2.05, 4.69) is 58.1 Å². The maximum atomic E-state index is 13.2. The molecule has 1 aliphatic heterocycles. The van der Waals surface area contributed by atoms with Gasteiger partial charge < -0.3 is 4.90 Å². The van der Waals surface area contributed by atoms with Gasteiger partial charge in [0.1, 0.15) is 0 Å². The number of unbranched alkanes of at least 4 members (excludes halogenated alkanes) is 1. The van der Waals surface area contributed by atoms with Crippen LogP contribution in [0.15, 0.2) is 88.9 Å². The Morgan fingerprint density at radius 2 is 1.55 bits per heavy atom. The maximum Gasteiger partial charge on any atom is 0.243 e. The predicted octanol–water partition coefficient (Wildman–Crippen LogP) is 5.74. The monoisotopic (exact) mass is 603 g/mol. The molecule has 220 valence electrons. The van der Waals surface area contributed by atoms with E-state index >= 15 is 0 Å². The Balaban J connectivity index is 1.14. The van der Waals surface area contributed by atoms with Crippen LogP contribution >= 0.6 is 11.8 Å². The topological polar surface area (TPSA) is 88.4 Å². The number of benzene rings is 3. The number of hydrogen-bond donors (Lipinski definition) is 0. The van der Waals surface area contributed by atoms with Crippen molar-refractivity contribution in [2.75, 3.05) is 25.4 Å². The summed E-state index contributed by atoms with van der Waals surface area (Å²) in [7, 11) is -3.59. The first-order valence-electron chi connectivity index (χ1n) is 14.3. The first-order chi connectivity index (χ1) is 20.2. The summed E-state index contributed by atoms with van der Waals surface area (Å²) in [5.41, 5.74) is 4.22. The minimum atomic E-state index is -3.59. The standard InChI is InChI=1S/C32H37N5O3S2/c1-24-12-16-27(17-13-24)31-33-34-32(37(31)28-9-5-4-6-10-28)41-22-8-7-11-30(38)35-20-21-36(26(3)23-35)42(39,40)29-18-14-25(2)15-19-29/h4-6,9-10,12-19,26H,7-8,11,20-23H2,1-3H3. The molecule has 3 aromatic carbocycles. The summed E-state index contributed by atoms with van der Waals surface area (Å²) in [6.07, 6.45) is 2.06. The third-order valence-corrected chi connectivity index (χ3v) is 10.6. The van der Waals surface area contributed by atoms with Crippen LogP contribution in [0, 0.1) is 13.8 Å². The molecule has 8 nitrogen and oxygen atoms in total. The molecule has 1 atom stereocenters. The van der Waals surface area contributed by atoms with Gasteiger partial charge in [-0.15, -0.1) is 10.2 Å². The minimum absolute atomic E-state index is 0.0772. The van der Waals surface area contributed by atoms with E-state index in [9.17, 15) is 13.2 Å². The number of thioether (sulfide) groups is 1. The number of carbonyl (C=O) groups is 1. The van der Waals surface area contributed by atoms with Gasteiger partial charge in [-0.05, 0) is 57.9 Å². The van der Waals surface area contributed by atoms with Crippen LogP contribution in [0.5, 0.6) is 0 Å².